The first kappa shape index (κ1) is 14.0. The lowest BCUT2D eigenvalue weighted by atomic mass is 10.1. The molecule has 2 rings (SSSR count). The quantitative estimate of drug-likeness (QED) is 0.651. The van der Waals surface area contributed by atoms with E-state index in [9.17, 15) is 9.18 Å². The van der Waals surface area contributed by atoms with Crippen LogP contribution < -0.4 is 5.32 Å². The smallest absolute Gasteiger partial charge is 0.181 e. The van der Waals surface area contributed by atoms with Gasteiger partial charge in [0.2, 0.25) is 0 Å². The van der Waals surface area contributed by atoms with Gasteiger partial charge in [0.05, 0.1) is 6.54 Å². The molecule has 0 fully saturated rings. The minimum Gasteiger partial charge on any atom is -0.378 e. The lowest BCUT2D eigenvalue weighted by Gasteiger charge is -2.06. The zero-order chi connectivity index (χ0) is 13.8. The number of anilines is 1. The molecule has 0 spiro atoms. The van der Waals surface area contributed by atoms with E-state index in [0.29, 0.717) is 11.1 Å². The highest BCUT2D eigenvalue weighted by Gasteiger charge is 2.08. The molecule has 0 radical (unpaired) electrons. The maximum Gasteiger partial charge on any atom is 0.181 e. The first-order chi connectivity index (χ1) is 9.06. The Labute approximate surface area is 125 Å². The highest BCUT2D eigenvalue weighted by Crippen LogP contribution is 2.13. The van der Waals surface area contributed by atoms with Crippen molar-refractivity contribution in [2.75, 3.05) is 11.9 Å². The predicted octanol–water partition coefficient (Wildman–Crippen LogP) is 4.03. The minimum atomic E-state index is -0.347. The highest BCUT2D eigenvalue weighted by atomic mass is 127. The van der Waals surface area contributed by atoms with Crippen molar-refractivity contribution in [3.63, 3.8) is 0 Å². The van der Waals surface area contributed by atoms with Crippen molar-refractivity contribution in [2.24, 2.45) is 0 Å². The molecule has 0 aliphatic carbocycles. The summed E-state index contributed by atoms with van der Waals surface area (Å²) in [6.45, 7) is 1.83. The molecular formula is C15H13FINO. The molecule has 0 atom stereocenters. The van der Waals surface area contributed by atoms with Gasteiger partial charge in [-0.1, -0.05) is 12.1 Å². The molecule has 0 aliphatic heterocycles. The van der Waals surface area contributed by atoms with E-state index in [-0.39, 0.29) is 18.1 Å². The van der Waals surface area contributed by atoms with Crippen molar-refractivity contribution in [1.82, 2.24) is 0 Å². The summed E-state index contributed by atoms with van der Waals surface area (Å²) >= 11 is 2.22. The van der Waals surface area contributed by atoms with Crippen LogP contribution in [-0.2, 0) is 0 Å². The molecule has 0 saturated heterocycles. The predicted molar refractivity (Wildman–Crippen MR) is 83.1 cm³/mol. The first-order valence-electron chi connectivity index (χ1n) is 5.85. The number of carbonyl (C=O) groups is 1. The molecule has 2 aromatic rings. The van der Waals surface area contributed by atoms with Crippen molar-refractivity contribution in [2.45, 2.75) is 6.92 Å². The fourth-order valence-electron chi connectivity index (χ4n) is 1.62. The fraction of sp³-hybridized carbons (Fsp3) is 0.133. The Kier molecular flexibility index (Phi) is 4.52. The summed E-state index contributed by atoms with van der Waals surface area (Å²) in [6.07, 6.45) is 0. The molecule has 2 nitrogen and oxygen atoms in total. The molecule has 0 saturated carbocycles. The van der Waals surface area contributed by atoms with E-state index in [1.165, 1.54) is 6.07 Å². The van der Waals surface area contributed by atoms with Crippen LogP contribution in [0.15, 0.2) is 42.5 Å². The Morgan fingerprint density at radius 2 is 1.89 bits per heavy atom. The van der Waals surface area contributed by atoms with Gasteiger partial charge in [-0.3, -0.25) is 4.79 Å². The molecule has 0 aliphatic rings. The van der Waals surface area contributed by atoms with Crippen molar-refractivity contribution in [3.05, 3.63) is 63.0 Å². The van der Waals surface area contributed by atoms with Gasteiger partial charge in [0.15, 0.2) is 5.78 Å². The van der Waals surface area contributed by atoms with Gasteiger partial charge in [-0.05, 0) is 65.4 Å². The summed E-state index contributed by atoms with van der Waals surface area (Å²) in [6, 6.07) is 12.3. The molecule has 98 valence electrons. The van der Waals surface area contributed by atoms with Gasteiger partial charge in [-0.15, -0.1) is 0 Å². The van der Waals surface area contributed by atoms with Crippen LogP contribution in [-0.4, -0.2) is 12.3 Å². The molecule has 0 aromatic heterocycles. The number of benzene rings is 2. The third-order valence-electron chi connectivity index (χ3n) is 2.79. The summed E-state index contributed by atoms with van der Waals surface area (Å²) in [5.41, 5.74) is 1.81. The number of carbonyl (C=O) groups excluding carboxylic acids is 1. The van der Waals surface area contributed by atoms with Crippen LogP contribution in [0.2, 0.25) is 0 Å². The number of aryl methyl sites for hydroxylation is 1. The van der Waals surface area contributed by atoms with Crippen LogP contribution in [0.25, 0.3) is 0 Å². The topological polar surface area (TPSA) is 29.1 Å². The van der Waals surface area contributed by atoms with E-state index >= 15 is 0 Å². The van der Waals surface area contributed by atoms with Gasteiger partial charge in [-0.25, -0.2) is 4.39 Å². The normalized spacial score (nSPS) is 10.3. The van der Waals surface area contributed by atoms with Crippen molar-refractivity contribution in [3.8, 4) is 0 Å². The van der Waals surface area contributed by atoms with E-state index in [1.54, 1.807) is 19.1 Å². The van der Waals surface area contributed by atoms with Crippen molar-refractivity contribution >= 4 is 34.1 Å². The Balaban J connectivity index is 2.01. The minimum absolute atomic E-state index is 0.127. The summed E-state index contributed by atoms with van der Waals surface area (Å²) in [5.74, 6) is -0.474. The highest BCUT2D eigenvalue weighted by molar-refractivity contribution is 14.1. The average Bonchev–Trinajstić information content (AvgIpc) is 2.41. The lowest BCUT2D eigenvalue weighted by molar-refractivity contribution is 0.101. The third kappa shape index (κ3) is 3.76. The summed E-state index contributed by atoms with van der Waals surface area (Å²) in [7, 11) is 0. The second-order valence-electron chi connectivity index (χ2n) is 4.25. The largest absolute Gasteiger partial charge is 0.378 e. The number of rotatable bonds is 4. The molecule has 1 N–H and O–H groups in total. The number of hydrogen-bond donors (Lipinski definition) is 1. The average molecular weight is 369 g/mol. The van der Waals surface area contributed by atoms with Gasteiger partial charge < -0.3 is 5.32 Å². The van der Waals surface area contributed by atoms with E-state index < -0.39 is 0 Å². The van der Waals surface area contributed by atoms with E-state index in [2.05, 4.69) is 27.9 Å². The summed E-state index contributed by atoms with van der Waals surface area (Å²) < 4.78 is 14.5. The summed E-state index contributed by atoms with van der Waals surface area (Å²) in [4.78, 5) is 11.9. The third-order valence-corrected chi connectivity index (χ3v) is 3.51. The van der Waals surface area contributed by atoms with Gasteiger partial charge in [-0.2, -0.15) is 0 Å². The Bertz CT molecular complexity index is 596. The van der Waals surface area contributed by atoms with Gasteiger partial charge in [0, 0.05) is 14.8 Å². The standard InChI is InChI=1S/C15H13FINO/c1-10-2-3-11(8-14(10)16)15(19)9-18-13-6-4-12(17)5-7-13/h2-8,18H,9H2,1H3. The second kappa shape index (κ2) is 6.14. The van der Waals surface area contributed by atoms with Crippen LogP contribution in [0, 0.1) is 16.3 Å². The number of nitrogens with one attached hydrogen (secondary N) is 1. The molecular weight excluding hydrogens is 356 g/mol. The van der Waals surface area contributed by atoms with Crippen LogP contribution in [0.3, 0.4) is 0 Å². The van der Waals surface area contributed by atoms with Crippen LogP contribution in [0.4, 0.5) is 10.1 Å². The zero-order valence-electron chi connectivity index (χ0n) is 10.4. The van der Waals surface area contributed by atoms with Crippen LogP contribution in [0.1, 0.15) is 15.9 Å². The molecule has 0 heterocycles. The Morgan fingerprint density at radius 1 is 1.21 bits per heavy atom. The SMILES string of the molecule is Cc1ccc(C(=O)CNc2ccc(I)cc2)cc1F. The van der Waals surface area contributed by atoms with Gasteiger partial charge >= 0.3 is 0 Å². The Hall–Kier alpha value is -1.43. The number of Topliss-reactive ketones (excluding diaryl/α,β-unsaturated/α-hetero) is 1. The van der Waals surface area contributed by atoms with Crippen molar-refractivity contribution in [1.29, 1.82) is 0 Å². The first-order valence-corrected chi connectivity index (χ1v) is 6.93. The van der Waals surface area contributed by atoms with E-state index in [0.717, 1.165) is 9.26 Å². The summed E-state index contributed by atoms with van der Waals surface area (Å²) in [5, 5.41) is 3.03. The maximum absolute atomic E-state index is 13.4. The molecule has 0 bridgehead atoms. The fourth-order valence-corrected chi connectivity index (χ4v) is 1.98. The van der Waals surface area contributed by atoms with Crippen LogP contribution >= 0.6 is 22.6 Å². The number of hydrogen-bond acceptors (Lipinski definition) is 2. The Morgan fingerprint density at radius 3 is 2.53 bits per heavy atom. The molecule has 0 unspecified atom stereocenters. The number of halogens is 2. The second-order valence-corrected chi connectivity index (χ2v) is 5.49. The lowest BCUT2D eigenvalue weighted by Crippen LogP contribution is -2.14. The maximum atomic E-state index is 13.4. The molecule has 4 heteroatoms. The van der Waals surface area contributed by atoms with E-state index in [4.69, 9.17) is 0 Å². The number of ketones is 1. The van der Waals surface area contributed by atoms with E-state index in [1.807, 2.05) is 24.3 Å². The zero-order valence-corrected chi connectivity index (χ0v) is 12.6. The van der Waals surface area contributed by atoms with Crippen LogP contribution in [0.5, 0.6) is 0 Å². The molecule has 19 heavy (non-hydrogen) atoms. The monoisotopic (exact) mass is 369 g/mol. The molecule has 0 amide bonds. The van der Waals surface area contributed by atoms with Gasteiger partial charge in [0.1, 0.15) is 5.82 Å². The van der Waals surface area contributed by atoms with Gasteiger partial charge in [0.25, 0.3) is 0 Å². The molecule has 2 aromatic carbocycles. The van der Waals surface area contributed by atoms with Crippen molar-refractivity contribution < 1.29 is 9.18 Å².